The van der Waals surface area contributed by atoms with E-state index in [4.69, 9.17) is 9.79 Å². The van der Waals surface area contributed by atoms with Gasteiger partial charge in [-0.3, -0.25) is 4.79 Å². The molecule has 0 saturated carbocycles. The summed E-state index contributed by atoms with van der Waals surface area (Å²) in [6.07, 6.45) is 1.52. The molecule has 1 aromatic rings. The lowest BCUT2D eigenvalue weighted by molar-refractivity contribution is -0.115. The third-order valence-corrected chi connectivity index (χ3v) is 4.01. The number of Topliss-reactive ketones (excluding diaryl/α,β-unsaturated/α-hetero) is 1. The van der Waals surface area contributed by atoms with Crippen LogP contribution in [0.25, 0.3) is 0 Å². The van der Waals surface area contributed by atoms with Crippen molar-refractivity contribution in [1.82, 2.24) is 0 Å². The summed E-state index contributed by atoms with van der Waals surface area (Å²) in [5, 5.41) is 28.8. The summed E-state index contributed by atoms with van der Waals surface area (Å²) in [6.45, 7) is 0. The highest BCUT2D eigenvalue weighted by Gasteiger charge is 2.27. The van der Waals surface area contributed by atoms with Gasteiger partial charge in [-0.05, 0) is 30.5 Å². The van der Waals surface area contributed by atoms with E-state index in [9.17, 15) is 24.7 Å². The number of benzene rings is 1. The second kappa shape index (κ2) is 7.65. The first-order valence-corrected chi connectivity index (χ1v) is 9.01. The predicted molar refractivity (Wildman–Crippen MR) is 90.5 cm³/mol. The third-order valence-electron chi connectivity index (χ3n) is 3.51. The van der Waals surface area contributed by atoms with Gasteiger partial charge in [0.05, 0.1) is 11.3 Å². The molecule has 0 unspecified atom stereocenters. The quantitative estimate of drug-likeness (QED) is 0.485. The van der Waals surface area contributed by atoms with Crippen LogP contribution in [0.2, 0.25) is 0 Å². The monoisotopic (exact) mass is 367 g/mol. The molecule has 25 heavy (non-hydrogen) atoms. The van der Waals surface area contributed by atoms with Crippen molar-refractivity contribution in [3.63, 3.8) is 0 Å². The van der Waals surface area contributed by atoms with Crippen LogP contribution >= 0.6 is 7.75 Å². The summed E-state index contributed by atoms with van der Waals surface area (Å²) in [7, 11) is -4.82. The Morgan fingerprint density at radius 1 is 1.20 bits per heavy atom. The summed E-state index contributed by atoms with van der Waals surface area (Å²) in [4.78, 5) is 30.3. The van der Waals surface area contributed by atoms with Crippen LogP contribution in [0.15, 0.2) is 52.2 Å². The van der Waals surface area contributed by atoms with Gasteiger partial charge in [-0.2, -0.15) is 4.76 Å². The van der Waals surface area contributed by atoms with Gasteiger partial charge in [-0.25, -0.2) is 4.57 Å². The minimum absolute atomic E-state index is 0.00380. The number of aromatic hydroxyl groups is 1. The highest BCUT2D eigenvalue weighted by Crippen LogP contribution is 2.39. The van der Waals surface area contributed by atoms with Gasteiger partial charge in [-0.1, -0.05) is 12.1 Å². The van der Waals surface area contributed by atoms with Gasteiger partial charge in [0.25, 0.3) is 0 Å². The Morgan fingerprint density at radius 3 is 2.56 bits per heavy atom. The molecule has 0 aromatic heterocycles. The molecule has 2 rings (SSSR count). The van der Waals surface area contributed by atoms with Crippen molar-refractivity contribution < 1.29 is 34.5 Å². The first-order valence-electron chi connectivity index (χ1n) is 7.44. The largest absolute Gasteiger partial charge is 0.512 e. The maximum Gasteiger partial charge on any atom is 0.448 e. The van der Waals surface area contributed by atoms with Crippen LogP contribution in [0.3, 0.4) is 0 Å². The summed E-state index contributed by atoms with van der Waals surface area (Å²) >= 11 is 0. The number of nitrogens with zero attached hydrogens (tertiary/aromatic N) is 1. The summed E-state index contributed by atoms with van der Waals surface area (Å²) in [6, 6.07) is 6.58. The third kappa shape index (κ3) is 5.56. The molecule has 1 aliphatic carbocycles. The van der Waals surface area contributed by atoms with E-state index in [1.165, 1.54) is 6.07 Å². The van der Waals surface area contributed by atoms with E-state index in [0.717, 1.165) is 11.6 Å². The van der Waals surface area contributed by atoms with E-state index in [1.807, 2.05) is 0 Å². The normalized spacial score (nSPS) is 16.9. The molecule has 1 aromatic carbocycles. The molecule has 0 aliphatic heterocycles. The second-order valence-electron chi connectivity index (χ2n) is 5.58. The average molecular weight is 367 g/mol. The first-order chi connectivity index (χ1) is 11.7. The molecule has 1 aliphatic rings. The Hall–Kier alpha value is -2.41. The molecule has 0 fully saturated rings. The first kappa shape index (κ1) is 18.9. The lowest BCUT2D eigenvalue weighted by atomic mass is 9.93. The number of carbonyl (C=O) groups excluding carboxylic acids is 1. The highest BCUT2D eigenvalue weighted by atomic mass is 31.2. The van der Waals surface area contributed by atoms with Crippen LogP contribution in [0.1, 0.15) is 24.8 Å². The number of phenols is 1. The molecule has 0 amide bonds. The number of hydrogen-bond acceptors (Lipinski definition) is 5. The van der Waals surface area contributed by atoms with Crippen molar-refractivity contribution in [2.75, 3.05) is 0 Å². The molecule has 9 heteroatoms. The fraction of sp³-hybridized carbons (Fsp3) is 0.250. The smallest absolute Gasteiger partial charge is 0.448 e. The maximum atomic E-state index is 12.4. The predicted octanol–water partition coefficient (Wildman–Crippen LogP) is 2.48. The number of ketones is 1. The second-order valence-corrected chi connectivity index (χ2v) is 6.81. The Labute approximate surface area is 143 Å². The Kier molecular flexibility index (Phi) is 5.79. The zero-order chi connectivity index (χ0) is 18.6. The number of allylic oxidation sites excluding steroid dienone is 3. The lowest BCUT2D eigenvalue weighted by Crippen LogP contribution is -2.19. The van der Waals surface area contributed by atoms with E-state index in [-0.39, 0.29) is 35.6 Å². The molecule has 0 atom stereocenters. The van der Waals surface area contributed by atoms with Crippen molar-refractivity contribution in [3.8, 4) is 5.75 Å². The molecule has 8 nitrogen and oxygen atoms in total. The van der Waals surface area contributed by atoms with Crippen molar-refractivity contribution in [3.05, 3.63) is 53.0 Å². The van der Waals surface area contributed by atoms with Crippen molar-refractivity contribution >= 4 is 19.2 Å². The van der Waals surface area contributed by atoms with E-state index < -0.39 is 19.3 Å². The number of aliphatic hydroxyl groups excluding tert-OH is 2. The summed E-state index contributed by atoms with van der Waals surface area (Å²) < 4.78 is 14.2. The van der Waals surface area contributed by atoms with Crippen LogP contribution in [-0.2, 0) is 15.8 Å². The van der Waals surface area contributed by atoms with Crippen LogP contribution < -0.4 is 0 Å². The number of rotatable bonds is 6. The Morgan fingerprint density at radius 2 is 1.92 bits per heavy atom. The topological polar surface area (TPSA) is 148 Å². The zero-order valence-corrected chi connectivity index (χ0v) is 14.1. The standard InChI is InChI=1S/C16H18NO7P/c18-11-5-1-3-10(7-11)4-2-6-14(20)16-13(17-25(22,23)24)8-12(19)9-15(16)21/h1,3,5,7,9,18-19,21H,2,4,6,8H2,(H2,22,23,24). The zero-order valence-electron chi connectivity index (χ0n) is 13.2. The average Bonchev–Trinajstić information content (AvgIpc) is 2.44. The molecule has 0 radical (unpaired) electrons. The molecule has 5 N–H and O–H groups in total. The SMILES string of the molecule is O=C(CCCc1cccc(O)c1)C1=C(O)C=C(O)CC1=NP(=O)(O)O. The van der Waals surface area contributed by atoms with Gasteiger partial charge in [0.1, 0.15) is 17.3 Å². The Balaban J connectivity index is 2.13. The lowest BCUT2D eigenvalue weighted by Gasteiger charge is -2.16. The van der Waals surface area contributed by atoms with E-state index in [1.54, 1.807) is 18.2 Å². The molecule has 134 valence electrons. The molecule has 0 saturated heterocycles. The molecule has 0 bridgehead atoms. The van der Waals surface area contributed by atoms with Crippen LogP contribution in [0.4, 0.5) is 0 Å². The van der Waals surface area contributed by atoms with E-state index in [2.05, 4.69) is 4.76 Å². The molecule has 0 heterocycles. The van der Waals surface area contributed by atoms with Gasteiger partial charge in [0, 0.05) is 18.9 Å². The highest BCUT2D eigenvalue weighted by molar-refractivity contribution is 7.50. The van der Waals surface area contributed by atoms with Gasteiger partial charge >= 0.3 is 7.75 Å². The van der Waals surface area contributed by atoms with Gasteiger partial charge in [0.15, 0.2) is 5.78 Å². The van der Waals surface area contributed by atoms with Crippen LogP contribution in [0.5, 0.6) is 5.75 Å². The fourth-order valence-electron chi connectivity index (χ4n) is 2.53. The van der Waals surface area contributed by atoms with E-state index >= 15 is 0 Å². The minimum atomic E-state index is -4.82. The summed E-state index contributed by atoms with van der Waals surface area (Å²) in [5.74, 6) is -1.33. The van der Waals surface area contributed by atoms with Crippen LogP contribution in [-0.4, -0.2) is 36.6 Å². The molecular formula is C16H18NO7P. The van der Waals surface area contributed by atoms with Crippen LogP contribution in [0, 0.1) is 0 Å². The molecular weight excluding hydrogens is 349 g/mol. The number of aryl methyl sites for hydroxylation is 1. The summed E-state index contributed by atoms with van der Waals surface area (Å²) in [5.41, 5.74) is 0.196. The fourth-order valence-corrected chi connectivity index (χ4v) is 3.01. The van der Waals surface area contributed by atoms with Gasteiger partial charge in [0.2, 0.25) is 0 Å². The maximum absolute atomic E-state index is 12.4. The number of aliphatic hydroxyl groups is 2. The number of carbonyl (C=O) groups is 1. The van der Waals surface area contributed by atoms with Crippen molar-refractivity contribution in [2.45, 2.75) is 25.7 Å². The number of phenolic OH excluding ortho intramolecular Hbond substituents is 1. The van der Waals surface area contributed by atoms with Gasteiger partial charge in [-0.15, -0.1) is 0 Å². The van der Waals surface area contributed by atoms with Gasteiger partial charge < -0.3 is 25.1 Å². The minimum Gasteiger partial charge on any atom is -0.512 e. The van der Waals surface area contributed by atoms with Crippen molar-refractivity contribution in [2.24, 2.45) is 4.76 Å². The molecule has 0 spiro atoms. The number of hydrogen-bond donors (Lipinski definition) is 5. The Bertz CT molecular complexity index is 820. The van der Waals surface area contributed by atoms with E-state index in [0.29, 0.717) is 12.8 Å². The van der Waals surface area contributed by atoms with Crippen molar-refractivity contribution in [1.29, 1.82) is 0 Å².